The van der Waals surface area contributed by atoms with Crippen molar-refractivity contribution in [2.75, 3.05) is 18.0 Å². The van der Waals surface area contributed by atoms with Gasteiger partial charge >= 0.3 is 0 Å². The summed E-state index contributed by atoms with van der Waals surface area (Å²) < 4.78 is 2.17. The van der Waals surface area contributed by atoms with Gasteiger partial charge < -0.3 is 4.90 Å². The molecule has 3 aromatic rings. The zero-order valence-corrected chi connectivity index (χ0v) is 15.9. The van der Waals surface area contributed by atoms with Crippen molar-refractivity contribution in [2.24, 2.45) is 0 Å². The first-order chi connectivity index (χ1) is 12.8. The summed E-state index contributed by atoms with van der Waals surface area (Å²) in [6.45, 7) is 6.61. The van der Waals surface area contributed by atoms with E-state index in [1.54, 1.807) is 0 Å². The minimum Gasteiger partial charge on any atom is -0.371 e. The average Bonchev–Trinajstić information content (AvgIpc) is 3.11. The molecule has 0 unspecified atom stereocenters. The Bertz CT molecular complexity index is 860. The summed E-state index contributed by atoms with van der Waals surface area (Å²) in [6, 6.07) is 13.2. The quantitative estimate of drug-likeness (QED) is 0.666. The van der Waals surface area contributed by atoms with Gasteiger partial charge in [0.05, 0.1) is 0 Å². The number of hydrogen-bond donors (Lipinski definition) is 0. The highest BCUT2D eigenvalue weighted by atomic mass is 15.3. The van der Waals surface area contributed by atoms with Gasteiger partial charge in [-0.25, -0.2) is 0 Å². The minimum absolute atomic E-state index is 0.685. The van der Waals surface area contributed by atoms with E-state index < -0.39 is 0 Å². The fraction of sp³-hybridized carbons (Fsp3) is 0.455. The second kappa shape index (κ2) is 7.48. The fourth-order valence-corrected chi connectivity index (χ4v) is 4.15. The van der Waals surface area contributed by atoms with Crippen LogP contribution in [-0.2, 0) is 6.42 Å². The monoisotopic (exact) mass is 348 g/mol. The SMILES string of the molecule is CCCCc1nnc2c(C)c(N3CCC(c4ccccc4)CC3)ccn12. The maximum atomic E-state index is 4.48. The molecule has 26 heavy (non-hydrogen) atoms. The Morgan fingerprint density at radius 2 is 1.81 bits per heavy atom. The highest BCUT2D eigenvalue weighted by Gasteiger charge is 2.22. The Hall–Kier alpha value is -2.36. The predicted molar refractivity (Wildman–Crippen MR) is 107 cm³/mol. The zero-order valence-electron chi connectivity index (χ0n) is 15.9. The first-order valence-corrected chi connectivity index (χ1v) is 9.91. The van der Waals surface area contributed by atoms with Crippen molar-refractivity contribution in [3.8, 4) is 0 Å². The lowest BCUT2D eigenvalue weighted by Crippen LogP contribution is -2.33. The zero-order chi connectivity index (χ0) is 17.9. The largest absolute Gasteiger partial charge is 0.371 e. The number of nitrogens with zero attached hydrogens (tertiary/aromatic N) is 4. The van der Waals surface area contributed by atoms with E-state index in [4.69, 9.17) is 0 Å². The Labute approximate surface area is 155 Å². The Kier molecular flexibility index (Phi) is 4.91. The van der Waals surface area contributed by atoms with E-state index in [1.807, 2.05) is 0 Å². The molecule has 3 heterocycles. The minimum atomic E-state index is 0.685. The molecule has 0 atom stereocenters. The maximum absolute atomic E-state index is 4.48. The summed E-state index contributed by atoms with van der Waals surface area (Å²) in [7, 11) is 0. The van der Waals surface area contributed by atoms with E-state index >= 15 is 0 Å². The molecule has 2 aromatic heterocycles. The predicted octanol–water partition coefficient (Wildman–Crippen LogP) is 4.76. The molecule has 0 spiro atoms. The van der Waals surface area contributed by atoms with Gasteiger partial charge in [-0.15, -0.1) is 10.2 Å². The van der Waals surface area contributed by atoms with Crippen LogP contribution in [0.4, 0.5) is 5.69 Å². The molecule has 0 aliphatic carbocycles. The fourth-order valence-electron chi connectivity index (χ4n) is 4.15. The maximum Gasteiger partial charge on any atom is 0.165 e. The first-order valence-electron chi connectivity index (χ1n) is 9.91. The number of piperidine rings is 1. The lowest BCUT2D eigenvalue weighted by atomic mass is 9.89. The second-order valence-electron chi connectivity index (χ2n) is 7.41. The van der Waals surface area contributed by atoms with Crippen molar-refractivity contribution in [3.05, 3.63) is 59.5 Å². The van der Waals surface area contributed by atoms with Crippen molar-refractivity contribution in [3.63, 3.8) is 0 Å². The first kappa shape index (κ1) is 17.1. The third kappa shape index (κ3) is 3.20. The van der Waals surface area contributed by atoms with Crippen LogP contribution in [-0.4, -0.2) is 27.7 Å². The van der Waals surface area contributed by atoms with Crippen LogP contribution in [0.1, 0.15) is 55.5 Å². The molecule has 0 amide bonds. The van der Waals surface area contributed by atoms with Gasteiger partial charge in [0, 0.05) is 37.0 Å². The van der Waals surface area contributed by atoms with E-state index in [1.165, 1.54) is 36.1 Å². The summed E-state index contributed by atoms with van der Waals surface area (Å²) in [6.07, 6.45) is 7.92. The third-order valence-corrected chi connectivity index (χ3v) is 5.73. The molecule has 4 nitrogen and oxygen atoms in total. The molecule has 4 heteroatoms. The average molecular weight is 348 g/mol. The number of aryl methyl sites for hydroxylation is 2. The number of fused-ring (bicyclic) bond motifs is 1. The van der Waals surface area contributed by atoms with Crippen molar-refractivity contribution in [2.45, 2.75) is 51.9 Å². The standard InChI is InChI=1S/C22H28N4/c1-3-4-10-21-23-24-22-17(2)20(13-16-26(21)22)25-14-11-19(12-15-25)18-8-6-5-7-9-18/h5-9,13,16,19H,3-4,10-12,14-15H2,1-2H3. The highest BCUT2D eigenvalue weighted by molar-refractivity contribution is 5.64. The molecule has 1 aliphatic rings. The van der Waals surface area contributed by atoms with Crippen LogP contribution in [0.5, 0.6) is 0 Å². The number of anilines is 1. The van der Waals surface area contributed by atoms with Crippen LogP contribution in [0.2, 0.25) is 0 Å². The topological polar surface area (TPSA) is 33.4 Å². The number of hydrogen-bond acceptors (Lipinski definition) is 3. The molecule has 1 aromatic carbocycles. The number of pyridine rings is 1. The Morgan fingerprint density at radius 3 is 2.54 bits per heavy atom. The second-order valence-corrected chi connectivity index (χ2v) is 7.41. The van der Waals surface area contributed by atoms with E-state index in [-0.39, 0.29) is 0 Å². The van der Waals surface area contributed by atoms with Gasteiger partial charge in [-0.1, -0.05) is 43.7 Å². The molecule has 0 saturated carbocycles. The van der Waals surface area contributed by atoms with Crippen LogP contribution in [0.25, 0.3) is 5.65 Å². The number of benzene rings is 1. The molecule has 1 fully saturated rings. The van der Waals surface area contributed by atoms with Gasteiger partial charge in [-0.2, -0.15) is 0 Å². The van der Waals surface area contributed by atoms with Crippen LogP contribution >= 0.6 is 0 Å². The van der Waals surface area contributed by atoms with Crippen molar-refractivity contribution < 1.29 is 0 Å². The van der Waals surface area contributed by atoms with E-state index in [9.17, 15) is 0 Å². The Morgan fingerprint density at radius 1 is 1.04 bits per heavy atom. The molecule has 0 radical (unpaired) electrons. The van der Waals surface area contributed by atoms with Gasteiger partial charge in [0.25, 0.3) is 0 Å². The molecule has 4 rings (SSSR count). The lowest BCUT2D eigenvalue weighted by Gasteiger charge is -2.34. The van der Waals surface area contributed by atoms with Crippen LogP contribution in [0.15, 0.2) is 42.6 Å². The summed E-state index contributed by atoms with van der Waals surface area (Å²) in [5, 5.41) is 8.90. The molecule has 1 saturated heterocycles. The molecule has 0 N–H and O–H groups in total. The summed E-state index contributed by atoms with van der Waals surface area (Å²) in [5.41, 5.74) is 5.07. The van der Waals surface area contributed by atoms with E-state index in [0.717, 1.165) is 37.4 Å². The third-order valence-electron chi connectivity index (χ3n) is 5.73. The van der Waals surface area contributed by atoms with Crippen molar-refractivity contribution in [1.29, 1.82) is 0 Å². The van der Waals surface area contributed by atoms with Gasteiger partial charge in [0.2, 0.25) is 0 Å². The smallest absolute Gasteiger partial charge is 0.165 e. The molecule has 0 bridgehead atoms. The van der Waals surface area contributed by atoms with E-state index in [2.05, 4.69) is 75.9 Å². The highest BCUT2D eigenvalue weighted by Crippen LogP contribution is 2.32. The molecule has 136 valence electrons. The summed E-state index contributed by atoms with van der Waals surface area (Å²) in [5.74, 6) is 1.77. The normalized spacial score (nSPS) is 15.7. The molecule has 1 aliphatic heterocycles. The number of rotatable bonds is 5. The van der Waals surface area contributed by atoms with Gasteiger partial charge in [0.15, 0.2) is 5.65 Å². The van der Waals surface area contributed by atoms with Gasteiger partial charge in [0.1, 0.15) is 5.82 Å². The number of aromatic nitrogens is 3. The van der Waals surface area contributed by atoms with Gasteiger partial charge in [-0.3, -0.25) is 4.40 Å². The summed E-state index contributed by atoms with van der Waals surface area (Å²) in [4.78, 5) is 2.52. The van der Waals surface area contributed by atoms with Crippen molar-refractivity contribution in [1.82, 2.24) is 14.6 Å². The number of unbranched alkanes of at least 4 members (excludes halogenated alkanes) is 1. The Balaban J connectivity index is 1.52. The van der Waals surface area contributed by atoms with Gasteiger partial charge in [-0.05, 0) is 43.7 Å². The lowest BCUT2D eigenvalue weighted by molar-refractivity contribution is 0.505. The molecular weight excluding hydrogens is 320 g/mol. The van der Waals surface area contributed by atoms with Crippen molar-refractivity contribution >= 4 is 11.3 Å². The van der Waals surface area contributed by atoms with Crippen LogP contribution in [0, 0.1) is 6.92 Å². The summed E-state index contributed by atoms with van der Waals surface area (Å²) >= 11 is 0. The van der Waals surface area contributed by atoms with Crippen LogP contribution in [0.3, 0.4) is 0 Å². The van der Waals surface area contributed by atoms with E-state index in [0.29, 0.717) is 5.92 Å². The van der Waals surface area contributed by atoms with Crippen LogP contribution < -0.4 is 4.90 Å². The molecular formula is C22H28N4.